The van der Waals surface area contributed by atoms with E-state index in [0.29, 0.717) is 0 Å². The second-order valence-electron chi connectivity index (χ2n) is 7.58. The first-order chi connectivity index (χ1) is 14.3. The van der Waals surface area contributed by atoms with Crippen molar-refractivity contribution < 1.29 is 9.53 Å². The van der Waals surface area contributed by atoms with Crippen LogP contribution < -0.4 is 0 Å². The van der Waals surface area contributed by atoms with Crippen LogP contribution in [0, 0.1) is 0 Å². The number of ether oxygens (including phenoxy) is 1. The number of carbonyl (C=O) groups is 1. The molecule has 3 aromatic carbocycles. The Morgan fingerprint density at radius 3 is 2.48 bits per heavy atom. The third-order valence-electron chi connectivity index (χ3n) is 5.86. The van der Waals surface area contributed by atoms with Gasteiger partial charge in [0.05, 0.1) is 18.9 Å². The maximum atomic E-state index is 13.6. The van der Waals surface area contributed by atoms with Crippen LogP contribution >= 0.6 is 0 Å². The zero-order valence-electron chi connectivity index (χ0n) is 16.4. The fraction of sp³-hybridized carbons (Fsp3) is 0.240. The van der Waals surface area contributed by atoms with Gasteiger partial charge in [0.25, 0.3) is 0 Å². The molecule has 4 aromatic rings. The molecule has 2 heterocycles. The number of hydrogen-bond donors (Lipinski definition) is 1. The molecule has 0 radical (unpaired) electrons. The zero-order valence-corrected chi connectivity index (χ0v) is 16.4. The average molecular weight is 384 g/mol. The lowest BCUT2D eigenvalue weighted by Gasteiger charge is -2.26. The van der Waals surface area contributed by atoms with E-state index in [2.05, 4.69) is 28.1 Å². The number of benzene rings is 3. The maximum Gasteiger partial charge on any atom is 0.210 e. The van der Waals surface area contributed by atoms with Crippen molar-refractivity contribution in [2.75, 3.05) is 32.8 Å². The molecule has 0 amide bonds. The summed E-state index contributed by atoms with van der Waals surface area (Å²) in [7, 11) is 0. The van der Waals surface area contributed by atoms with E-state index in [0.717, 1.165) is 77.8 Å². The Labute approximate surface area is 170 Å². The quantitative estimate of drug-likeness (QED) is 0.518. The lowest BCUT2D eigenvalue weighted by atomic mass is 9.97. The molecule has 1 aliphatic rings. The smallest absolute Gasteiger partial charge is 0.210 e. The van der Waals surface area contributed by atoms with Crippen molar-refractivity contribution in [1.82, 2.24) is 9.88 Å². The number of rotatable bonds is 5. The highest BCUT2D eigenvalue weighted by atomic mass is 16.5. The fourth-order valence-corrected chi connectivity index (χ4v) is 4.31. The van der Waals surface area contributed by atoms with Gasteiger partial charge in [-0.25, -0.2) is 0 Å². The van der Waals surface area contributed by atoms with Crippen LogP contribution in [0.15, 0.2) is 66.7 Å². The largest absolute Gasteiger partial charge is 0.379 e. The SMILES string of the molecule is O=C(c1[nH]c2ccccc2c1CCN1CCOCC1)c1cccc2ccccc12. The fourth-order valence-electron chi connectivity index (χ4n) is 4.31. The van der Waals surface area contributed by atoms with Gasteiger partial charge in [-0.15, -0.1) is 0 Å². The molecule has 0 saturated carbocycles. The lowest BCUT2D eigenvalue weighted by molar-refractivity contribution is 0.0384. The standard InChI is InChI=1S/C25H24N2O2/c28-25(22-10-5-7-18-6-1-2-8-19(18)22)24-21(12-13-27-14-16-29-17-15-27)20-9-3-4-11-23(20)26-24/h1-11,26H,12-17H2. The van der Waals surface area contributed by atoms with Crippen LogP contribution in [0.2, 0.25) is 0 Å². The molecule has 146 valence electrons. The van der Waals surface area contributed by atoms with Gasteiger partial charge < -0.3 is 9.72 Å². The van der Waals surface area contributed by atoms with Gasteiger partial charge in [0.2, 0.25) is 5.78 Å². The summed E-state index contributed by atoms with van der Waals surface area (Å²) >= 11 is 0. The molecule has 4 nitrogen and oxygen atoms in total. The first-order valence-corrected chi connectivity index (χ1v) is 10.2. The van der Waals surface area contributed by atoms with Crippen LogP contribution in [0.4, 0.5) is 0 Å². The van der Waals surface area contributed by atoms with E-state index in [1.165, 1.54) is 0 Å². The summed E-state index contributed by atoms with van der Waals surface area (Å²) in [6, 6.07) is 22.2. The van der Waals surface area contributed by atoms with Crippen LogP contribution in [-0.4, -0.2) is 48.5 Å². The molecule has 0 atom stereocenters. The van der Waals surface area contributed by atoms with Crippen molar-refractivity contribution in [2.45, 2.75) is 6.42 Å². The molecular weight excluding hydrogens is 360 g/mol. The van der Waals surface area contributed by atoms with E-state index < -0.39 is 0 Å². The summed E-state index contributed by atoms with van der Waals surface area (Å²) in [5.74, 6) is 0.0648. The summed E-state index contributed by atoms with van der Waals surface area (Å²) in [6.45, 7) is 4.41. The van der Waals surface area contributed by atoms with E-state index in [9.17, 15) is 4.79 Å². The van der Waals surface area contributed by atoms with Gasteiger partial charge in [0.15, 0.2) is 0 Å². The minimum Gasteiger partial charge on any atom is -0.379 e. The second kappa shape index (κ2) is 7.82. The van der Waals surface area contributed by atoms with E-state index >= 15 is 0 Å². The topological polar surface area (TPSA) is 45.3 Å². The molecule has 0 spiro atoms. The number of carbonyl (C=O) groups excluding carboxylic acids is 1. The van der Waals surface area contributed by atoms with Crippen LogP contribution in [0.5, 0.6) is 0 Å². The molecule has 1 aromatic heterocycles. The Hall–Kier alpha value is -2.95. The van der Waals surface area contributed by atoms with Gasteiger partial charge in [0, 0.05) is 36.1 Å². The summed E-state index contributed by atoms with van der Waals surface area (Å²) in [4.78, 5) is 19.5. The minimum atomic E-state index is 0.0648. The highest BCUT2D eigenvalue weighted by molar-refractivity contribution is 6.18. The van der Waals surface area contributed by atoms with Crippen molar-refractivity contribution in [3.05, 3.63) is 83.6 Å². The molecule has 0 bridgehead atoms. The molecule has 4 heteroatoms. The number of aromatic amines is 1. The van der Waals surface area contributed by atoms with Gasteiger partial charge >= 0.3 is 0 Å². The number of nitrogens with one attached hydrogen (secondary N) is 1. The number of nitrogens with zero attached hydrogens (tertiary/aromatic N) is 1. The molecular formula is C25H24N2O2. The number of morpholine rings is 1. The van der Waals surface area contributed by atoms with Gasteiger partial charge in [-0.3, -0.25) is 9.69 Å². The van der Waals surface area contributed by atoms with Crippen molar-refractivity contribution in [1.29, 1.82) is 0 Å². The first kappa shape index (κ1) is 18.1. The van der Waals surface area contributed by atoms with Crippen LogP contribution in [0.3, 0.4) is 0 Å². The van der Waals surface area contributed by atoms with E-state index in [1.807, 2.05) is 48.5 Å². The number of ketones is 1. The number of fused-ring (bicyclic) bond motifs is 2. The first-order valence-electron chi connectivity index (χ1n) is 10.2. The summed E-state index contributed by atoms with van der Waals surface area (Å²) in [5, 5.41) is 3.23. The van der Waals surface area contributed by atoms with E-state index in [-0.39, 0.29) is 5.78 Å². The van der Waals surface area contributed by atoms with Gasteiger partial charge in [0.1, 0.15) is 0 Å². The number of hydrogen-bond acceptors (Lipinski definition) is 3. The minimum absolute atomic E-state index is 0.0648. The monoisotopic (exact) mass is 384 g/mol. The molecule has 0 unspecified atom stereocenters. The molecule has 5 rings (SSSR count). The Balaban J connectivity index is 1.55. The second-order valence-corrected chi connectivity index (χ2v) is 7.58. The molecule has 1 aliphatic heterocycles. The van der Waals surface area contributed by atoms with Crippen LogP contribution in [0.25, 0.3) is 21.7 Å². The molecule has 29 heavy (non-hydrogen) atoms. The zero-order chi connectivity index (χ0) is 19.6. The third-order valence-corrected chi connectivity index (χ3v) is 5.86. The molecule has 1 fully saturated rings. The van der Waals surface area contributed by atoms with E-state index in [4.69, 9.17) is 4.74 Å². The van der Waals surface area contributed by atoms with Gasteiger partial charge in [-0.1, -0.05) is 60.7 Å². The predicted octanol–water partition coefficient (Wildman–Crippen LogP) is 4.43. The highest BCUT2D eigenvalue weighted by Gasteiger charge is 2.21. The van der Waals surface area contributed by atoms with Crippen molar-refractivity contribution in [2.24, 2.45) is 0 Å². The Morgan fingerprint density at radius 1 is 0.897 bits per heavy atom. The van der Waals surface area contributed by atoms with E-state index in [1.54, 1.807) is 0 Å². The third kappa shape index (κ3) is 3.46. The van der Waals surface area contributed by atoms with Gasteiger partial charge in [-0.2, -0.15) is 0 Å². The molecule has 0 aliphatic carbocycles. The summed E-state index contributed by atoms with van der Waals surface area (Å²) < 4.78 is 5.47. The predicted molar refractivity (Wildman–Crippen MR) is 117 cm³/mol. The number of aromatic nitrogens is 1. The maximum absolute atomic E-state index is 13.6. The van der Waals surface area contributed by atoms with Gasteiger partial charge in [-0.05, 0) is 28.8 Å². The van der Waals surface area contributed by atoms with Crippen LogP contribution in [-0.2, 0) is 11.2 Å². The van der Waals surface area contributed by atoms with Crippen molar-refractivity contribution in [3.8, 4) is 0 Å². The number of para-hydroxylation sites is 1. The molecule has 1 saturated heterocycles. The Kier molecular flexibility index (Phi) is 4.88. The summed E-state index contributed by atoms with van der Waals surface area (Å²) in [5.41, 5.74) is 3.61. The lowest BCUT2D eigenvalue weighted by Crippen LogP contribution is -2.37. The normalized spacial score (nSPS) is 15.2. The highest BCUT2D eigenvalue weighted by Crippen LogP contribution is 2.28. The Bertz CT molecular complexity index is 1170. The van der Waals surface area contributed by atoms with Crippen molar-refractivity contribution in [3.63, 3.8) is 0 Å². The number of H-pyrrole nitrogens is 1. The Morgan fingerprint density at radius 2 is 1.62 bits per heavy atom. The summed E-state index contributed by atoms with van der Waals surface area (Å²) in [6.07, 6.45) is 0.843. The van der Waals surface area contributed by atoms with Crippen LogP contribution in [0.1, 0.15) is 21.6 Å². The average Bonchev–Trinajstić information content (AvgIpc) is 3.16. The molecule has 1 N–H and O–H groups in total. The van der Waals surface area contributed by atoms with Crippen molar-refractivity contribution >= 4 is 27.5 Å².